The second kappa shape index (κ2) is 10.2. The number of ether oxygens (including phenoxy) is 6. The molecule has 4 aliphatic rings. The highest BCUT2D eigenvalue weighted by molar-refractivity contribution is 5.83. The molecular weight excluding hydrogens is 448 g/mol. The number of aliphatic hydroxyl groups excluding tert-OH is 1. The van der Waals surface area contributed by atoms with Crippen molar-refractivity contribution in [2.75, 3.05) is 26.4 Å². The Morgan fingerprint density at radius 2 is 1.86 bits per heavy atom. The highest BCUT2D eigenvalue weighted by Gasteiger charge is 2.50. The molecule has 188 valence electrons. The van der Waals surface area contributed by atoms with Gasteiger partial charge in [-0.1, -0.05) is 36.4 Å². The van der Waals surface area contributed by atoms with E-state index in [1.54, 1.807) is 0 Å². The van der Waals surface area contributed by atoms with Crippen molar-refractivity contribution in [3.05, 3.63) is 54.6 Å². The van der Waals surface area contributed by atoms with Crippen LogP contribution in [0.1, 0.15) is 32.1 Å². The minimum absolute atomic E-state index is 0.0107. The second-order valence-electron chi connectivity index (χ2n) is 9.98. The van der Waals surface area contributed by atoms with Crippen LogP contribution in [0.4, 0.5) is 0 Å². The van der Waals surface area contributed by atoms with Gasteiger partial charge in [-0.15, -0.1) is 0 Å². The van der Waals surface area contributed by atoms with Gasteiger partial charge in [0.25, 0.3) is 0 Å². The third-order valence-corrected chi connectivity index (χ3v) is 7.65. The quantitative estimate of drug-likeness (QED) is 0.594. The standard InChI is InChI=1S/C28H34O7/c29-26-16-23-22(24(17-25(23)34-26)35-27-7-3-4-12-30-27)10-11-28(32-13-14-33-28)18-31-21-9-8-19-5-1-2-6-20(19)15-21/h1-2,5-6,8-11,15,22-27,29H,3-4,7,12-14,16-18H2/b11-10+/t22-,23-,24-,25+,26?,27?/m1/s1. The fraction of sp³-hybridized carbons (Fsp3) is 0.571. The normalized spacial score (nSPS) is 34.5. The van der Waals surface area contributed by atoms with Crippen molar-refractivity contribution in [1.29, 1.82) is 0 Å². The highest BCUT2D eigenvalue weighted by atomic mass is 16.8. The van der Waals surface area contributed by atoms with Gasteiger partial charge < -0.3 is 33.5 Å². The molecule has 0 amide bonds. The maximum atomic E-state index is 10.1. The van der Waals surface area contributed by atoms with E-state index in [9.17, 15) is 5.11 Å². The van der Waals surface area contributed by atoms with E-state index in [-0.39, 0.29) is 36.9 Å². The molecule has 0 aromatic heterocycles. The Bertz CT molecular complexity index is 1030. The summed E-state index contributed by atoms with van der Waals surface area (Å²) in [5, 5.41) is 12.4. The van der Waals surface area contributed by atoms with Gasteiger partial charge >= 0.3 is 0 Å². The van der Waals surface area contributed by atoms with E-state index in [0.29, 0.717) is 19.6 Å². The summed E-state index contributed by atoms with van der Waals surface area (Å²) in [6, 6.07) is 14.3. The van der Waals surface area contributed by atoms with Crippen molar-refractivity contribution in [1.82, 2.24) is 0 Å². The van der Waals surface area contributed by atoms with E-state index in [1.165, 1.54) is 5.39 Å². The molecule has 6 rings (SSSR count). The lowest BCUT2D eigenvalue weighted by Crippen LogP contribution is -2.36. The minimum Gasteiger partial charge on any atom is -0.488 e. The van der Waals surface area contributed by atoms with Crippen molar-refractivity contribution in [3.63, 3.8) is 0 Å². The molecule has 3 heterocycles. The topological polar surface area (TPSA) is 75.6 Å². The maximum absolute atomic E-state index is 10.1. The van der Waals surface area contributed by atoms with Crippen LogP contribution in [-0.4, -0.2) is 62.1 Å². The Morgan fingerprint density at radius 1 is 1.00 bits per heavy atom. The summed E-state index contributed by atoms with van der Waals surface area (Å²) >= 11 is 0. The predicted molar refractivity (Wildman–Crippen MR) is 129 cm³/mol. The summed E-state index contributed by atoms with van der Waals surface area (Å²) in [4.78, 5) is 0. The third kappa shape index (κ3) is 5.12. The molecule has 1 aliphatic carbocycles. The smallest absolute Gasteiger partial charge is 0.223 e. The Labute approximate surface area is 205 Å². The average Bonchev–Trinajstić information content (AvgIpc) is 3.57. The Morgan fingerprint density at radius 3 is 2.69 bits per heavy atom. The van der Waals surface area contributed by atoms with Gasteiger partial charge in [0, 0.05) is 25.4 Å². The Kier molecular flexibility index (Phi) is 6.80. The van der Waals surface area contributed by atoms with Crippen molar-refractivity contribution >= 4 is 10.8 Å². The fourth-order valence-corrected chi connectivity index (χ4v) is 5.86. The van der Waals surface area contributed by atoms with Crippen LogP contribution in [0.2, 0.25) is 0 Å². The zero-order chi connectivity index (χ0) is 23.7. The van der Waals surface area contributed by atoms with Crippen LogP contribution < -0.4 is 4.74 Å². The molecule has 35 heavy (non-hydrogen) atoms. The monoisotopic (exact) mass is 482 g/mol. The lowest BCUT2D eigenvalue weighted by Gasteiger charge is -2.30. The van der Waals surface area contributed by atoms with Crippen LogP contribution in [0, 0.1) is 11.8 Å². The van der Waals surface area contributed by atoms with Crippen molar-refractivity contribution in [3.8, 4) is 5.75 Å². The molecule has 4 fully saturated rings. The van der Waals surface area contributed by atoms with Crippen LogP contribution in [0.3, 0.4) is 0 Å². The number of rotatable bonds is 7. The first-order valence-corrected chi connectivity index (χ1v) is 12.9. The molecule has 2 unspecified atom stereocenters. The number of hydrogen-bond donors (Lipinski definition) is 1. The predicted octanol–water partition coefficient (Wildman–Crippen LogP) is 4.17. The number of benzene rings is 2. The van der Waals surface area contributed by atoms with Gasteiger partial charge in [-0.05, 0) is 54.2 Å². The molecule has 7 nitrogen and oxygen atoms in total. The SMILES string of the molecule is OC1C[C@@H]2[C@@H](/C=C/C3(COc4ccc5ccccc5c4)OCCO3)[C@H](OC3CCCCO3)C[C@@H]2O1. The van der Waals surface area contributed by atoms with Crippen LogP contribution in [0.5, 0.6) is 5.75 Å². The Balaban J connectivity index is 1.17. The molecule has 0 spiro atoms. The molecule has 3 aliphatic heterocycles. The molecule has 6 atom stereocenters. The maximum Gasteiger partial charge on any atom is 0.223 e. The van der Waals surface area contributed by atoms with Gasteiger partial charge in [-0.25, -0.2) is 0 Å². The van der Waals surface area contributed by atoms with E-state index in [0.717, 1.165) is 43.4 Å². The summed E-state index contributed by atoms with van der Waals surface area (Å²) in [6.07, 6.45) is 7.67. The molecule has 0 bridgehead atoms. The summed E-state index contributed by atoms with van der Waals surface area (Å²) < 4.78 is 36.3. The number of hydrogen-bond acceptors (Lipinski definition) is 7. The van der Waals surface area contributed by atoms with E-state index >= 15 is 0 Å². The lowest BCUT2D eigenvalue weighted by molar-refractivity contribution is -0.196. The zero-order valence-corrected chi connectivity index (χ0v) is 19.9. The minimum atomic E-state index is -0.951. The summed E-state index contributed by atoms with van der Waals surface area (Å²) in [5.74, 6) is 0.0930. The van der Waals surface area contributed by atoms with E-state index in [4.69, 9.17) is 28.4 Å². The van der Waals surface area contributed by atoms with Gasteiger partial charge in [0.05, 0.1) is 25.4 Å². The molecule has 2 aromatic carbocycles. The van der Waals surface area contributed by atoms with Crippen LogP contribution in [0.25, 0.3) is 10.8 Å². The molecule has 2 aromatic rings. The molecule has 1 N–H and O–H groups in total. The second-order valence-corrected chi connectivity index (χ2v) is 9.98. The van der Waals surface area contributed by atoms with Crippen LogP contribution in [0.15, 0.2) is 54.6 Å². The summed E-state index contributed by atoms with van der Waals surface area (Å²) in [7, 11) is 0. The molecular formula is C28H34O7. The first kappa shape index (κ1) is 23.4. The largest absolute Gasteiger partial charge is 0.488 e. The Hall–Kier alpha value is -2.00. The van der Waals surface area contributed by atoms with Crippen LogP contribution in [-0.2, 0) is 23.7 Å². The average molecular weight is 483 g/mol. The van der Waals surface area contributed by atoms with Gasteiger partial charge in [0.2, 0.25) is 5.79 Å². The molecule has 3 saturated heterocycles. The molecule has 0 radical (unpaired) electrons. The van der Waals surface area contributed by atoms with Crippen molar-refractivity contribution < 1.29 is 33.5 Å². The van der Waals surface area contributed by atoms with E-state index in [2.05, 4.69) is 24.3 Å². The van der Waals surface area contributed by atoms with Crippen molar-refractivity contribution in [2.24, 2.45) is 11.8 Å². The van der Waals surface area contributed by atoms with Gasteiger partial charge in [0.15, 0.2) is 12.6 Å². The lowest BCUT2D eigenvalue weighted by atomic mass is 9.91. The highest BCUT2D eigenvalue weighted by Crippen LogP contribution is 2.46. The van der Waals surface area contributed by atoms with Gasteiger partial charge in [-0.2, -0.15) is 0 Å². The molecule has 7 heteroatoms. The first-order chi connectivity index (χ1) is 17.2. The van der Waals surface area contributed by atoms with Crippen LogP contribution >= 0.6 is 0 Å². The van der Waals surface area contributed by atoms with Gasteiger partial charge in [-0.3, -0.25) is 0 Å². The first-order valence-electron chi connectivity index (χ1n) is 12.9. The summed E-state index contributed by atoms with van der Waals surface area (Å²) in [5.41, 5.74) is 0. The van der Waals surface area contributed by atoms with E-state index < -0.39 is 12.1 Å². The third-order valence-electron chi connectivity index (χ3n) is 7.65. The van der Waals surface area contributed by atoms with E-state index in [1.807, 2.05) is 30.3 Å². The van der Waals surface area contributed by atoms with Gasteiger partial charge in [0.1, 0.15) is 12.4 Å². The zero-order valence-electron chi connectivity index (χ0n) is 19.9. The molecule has 1 saturated carbocycles. The van der Waals surface area contributed by atoms with Crippen molar-refractivity contribution in [2.45, 2.75) is 62.7 Å². The fourth-order valence-electron chi connectivity index (χ4n) is 5.86. The summed E-state index contributed by atoms with van der Waals surface area (Å²) in [6.45, 7) is 2.02. The number of aliphatic hydroxyl groups is 1. The number of fused-ring (bicyclic) bond motifs is 2.